The van der Waals surface area contributed by atoms with E-state index in [9.17, 15) is 9.59 Å². The molecule has 1 saturated carbocycles. The minimum Gasteiger partial charge on any atom is -0.465 e. The molecule has 1 aromatic rings. The van der Waals surface area contributed by atoms with Crippen molar-refractivity contribution in [3.05, 3.63) is 35.4 Å². The molecule has 1 aliphatic carbocycles. The number of carbonyl (C=O) groups is 2. The molecule has 114 valence electrons. The van der Waals surface area contributed by atoms with Crippen molar-refractivity contribution >= 4 is 11.9 Å². The molecule has 21 heavy (non-hydrogen) atoms. The Kier molecular flexibility index (Phi) is 5.37. The normalized spacial score (nSPS) is 21.6. The third-order valence-corrected chi connectivity index (χ3v) is 4.13. The van der Waals surface area contributed by atoms with Crippen LogP contribution in [0, 0.1) is 11.8 Å². The number of carbonyl (C=O) groups excluding carboxylic acids is 2. The molecule has 1 aromatic carbocycles. The molecule has 0 radical (unpaired) electrons. The molecule has 1 aliphatic rings. The van der Waals surface area contributed by atoms with Crippen LogP contribution in [0.1, 0.15) is 53.3 Å². The fraction of sp³-hybridized carbons (Fsp3) is 0.529. The Bertz CT molecular complexity index is 484. The van der Waals surface area contributed by atoms with E-state index < -0.39 is 5.97 Å². The summed E-state index contributed by atoms with van der Waals surface area (Å²) in [7, 11) is 1.33. The molecule has 0 unspecified atom stereocenters. The summed E-state index contributed by atoms with van der Waals surface area (Å²) in [6.07, 6.45) is 4.71. The Hall–Kier alpha value is -1.84. The summed E-state index contributed by atoms with van der Waals surface area (Å²) in [6.45, 7) is 2.76. The zero-order chi connectivity index (χ0) is 15.2. The molecule has 0 aromatic heterocycles. The first-order valence-corrected chi connectivity index (χ1v) is 7.45. The van der Waals surface area contributed by atoms with E-state index >= 15 is 0 Å². The molecule has 4 heteroatoms. The summed E-state index contributed by atoms with van der Waals surface area (Å²) in [5.74, 6) is 0.540. The second-order valence-corrected chi connectivity index (χ2v) is 5.79. The van der Waals surface area contributed by atoms with Crippen LogP contribution in [-0.2, 0) is 9.47 Å². The van der Waals surface area contributed by atoms with Crippen LogP contribution in [0.3, 0.4) is 0 Å². The maximum absolute atomic E-state index is 12.0. The lowest BCUT2D eigenvalue weighted by Crippen LogP contribution is -2.19. The largest absolute Gasteiger partial charge is 0.465 e. The first-order chi connectivity index (χ1) is 10.1. The van der Waals surface area contributed by atoms with Crippen molar-refractivity contribution in [2.24, 2.45) is 11.8 Å². The lowest BCUT2D eigenvalue weighted by atomic mass is 9.83. The van der Waals surface area contributed by atoms with Crippen molar-refractivity contribution in [3.8, 4) is 0 Å². The molecule has 2 rings (SSSR count). The van der Waals surface area contributed by atoms with Gasteiger partial charge >= 0.3 is 11.9 Å². The highest BCUT2D eigenvalue weighted by Gasteiger charge is 2.20. The maximum Gasteiger partial charge on any atom is 0.338 e. The molecule has 0 amide bonds. The molecule has 1 fully saturated rings. The van der Waals surface area contributed by atoms with E-state index in [1.807, 2.05) is 0 Å². The number of benzene rings is 1. The van der Waals surface area contributed by atoms with Crippen LogP contribution in [0.25, 0.3) is 0 Å². The molecular formula is C17H22O4. The third-order valence-electron chi connectivity index (χ3n) is 4.13. The molecule has 4 nitrogen and oxygen atoms in total. The molecule has 0 atom stereocenters. The molecular weight excluding hydrogens is 268 g/mol. The highest BCUT2D eigenvalue weighted by molar-refractivity contribution is 5.93. The Morgan fingerprint density at radius 3 is 2.05 bits per heavy atom. The van der Waals surface area contributed by atoms with Crippen LogP contribution >= 0.6 is 0 Å². The summed E-state index contributed by atoms with van der Waals surface area (Å²) < 4.78 is 9.99. The molecule has 0 aliphatic heterocycles. The smallest absolute Gasteiger partial charge is 0.338 e. The van der Waals surface area contributed by atoms with Crippen molar-refractivity contribution in [3.63, 3.8) is 0 Å². The number of rotatable bonds is 4. The average molecular weight is 290 g/mol. The van der Waals surface area contributed by atoms with Gasteiger partial charge in [-0.3, -0.25) is 0 Å². The first-order valence-electron chi connectivity index (χ1n) is 7.45. The number of esters is 2. The van der Waals surface area contributed by atoms with Gasteiger partial charge in [-0.05, 0) is 48.9 Å². The molecule has 0 saturated heterocycles. The predicted molar refractivity (Wildman–Crippen MR) is 79.2 cm³/mol. The highest BCUT2D eigenvalue weighted by atomic mass is 16.5. The lowest BCUT2D eigenvalue weighted by Gasteiger charge is -2.25. The lowest BCUT2D eigenvalue weighted by molar-refractivity contribution is 0.0397. The van der Waals surface area contributed by atoms with Gasteiger partial charge in [0.2, 0.25) is 0 Å². The molecule has 0 bridgehead atoms. The van der Waals surface area contributed by atoms with Gasteiger partial charge in [-0.25, -0.2) is 9.59 Å². The van der Waals surface area contributed by atoms with E-state index in [0.29, 0.717) is 23.7 Å². The van der Waals surface area contributed by atoms with E-state index in [1.54, 1.807) is 24.3 Å². The number of ether oxygens (including phenoxy) is 2. The number of methoxy groups -OCH3 is 1. The topological polar surface area (TPSA) is 52.6 Å². The first kappa shape index (κ1) is 15.5. The van der Waals surface area contributed by atoms with Crippen LogP contribution in [0.2, 0.25) is 0 Å². The molecule has 0 heterocycles. The van der Waals surface area contributed by atoms with Gasteiger partial charge in [-0.1, -0.05) is 19.8 Å². The van der Waals surface area contributed by atoms with Crippen molar-refractivity contribution < 1.29 is 19.1 Å². The Morgan fingerprint density at radius 2 is 1.52 bits per heavy atom. The van der Waals surface area contributed by atoms with Gasteiger partial charge < -0.3 is 9.47 Å². The minimum absolute atomic E-state index is 0.329. The highest BCUT2D eigenvalue weighted by Crippen LogP contribution is 2.28. The number of hydrogen-bond donors (Lipinski definition) is 0. The van der Waals surface area contributed by atoms with Crippen LogP contribution in [-0.4, -0.2) is 25.7 Å². The second-order valence-electron chi connectivity index (χ2n) is 5.79. The van der Waals surface area contributed by atoms with Crippen LogP contribution in [0.15, 0.2) is 24.3 Å². The van der Waals surface area contributed by atoms with Gasteiger partial charge in [0.25, 0.3) is 0 Å². The Morgan fingerprint density at radius 1 is 1.00 bits per heavy atom. The third kappa shape index (κ3) is 4.31. The van der Waals surface area contributed by atoms with E-state index in [4.69, 9.17) is 4.74 Å². The quantitative estimate of drug-likeness (QED) is 0.797. The van der Waals surface area contributed by atoms with Gasteiger partial charge in [0.05, 0.1) is 24.8 Å². The zero-order valence-electron chi connectivity index (χ0n) is 12.6. The fourth-order valence-electron chi connectivity index (χ4n) is 2.63. The van der Waals surface area contributed by atoms with Gasteiger partial charge in [0.1, 0.15) is 0 Å². The summed E-state index contributed by atoms with van der Waals surface area (Å²) in [4.78, 5) is 23.3. The summed E-state index contributed by atoms with van der Waals surface area (Å²) in [5, 5.41) is 0. The summed E-state index contributed by atoms with van der Waals surface area (Å²) in [6, 6.07) is 6.34. The fourth-order valence-corrected chi connectivity index (χ4v) is 2.63. The van der Waals surface area contributed by atoms with Gasteiger partial charge in [-0.2, -0.15) is 0 Å². The van der Waals surface area contributed by atoms with E-state index in [1.165, 1.54) is 20.0 Å². The molecule has 0 N–H and O–H groups in total. The predicted octanol–water partition coefficient (Wildman–Crippen LogP) is 3.46. The van der Waals surface area contributed by atoms with Crippen molar-refractivity contribution in [1.82, 2.24) is 0 Å². The van der Waals surface area contributed by atoms with Crippen molar-refractivity contribution in [2.75, 3.05) is 13.7 Å². The maximum atomic E-state index is 12.0. The van der Waals surface area contributed by atoms with Crippen molar-refractivity contribution in [1.29, 1.82) is 0 Å². The van der Waals surface area contributed by atoms with Gasteiger partial charge in [-0.15, -0.1) is 0 Å². The standard InChI is InChI=1S/C17H22O4/c1-12-3-5-13(6-4-12)11-21-17(19)15-9-7-14(8-10-15)16(18)20-2/h7-10,12-13H,3-6,11H2,1-2H3. The van der Waals surface area contributed by atoms with Crippen molar-refractivity contribution in [2.45, 2.75) is 32.6 Å². The minimum atomic E-state index is -0.411. The average Bonchev–Trinajstić information content (AvgIpc) is 2.53. The monoisotopic (exact) mass is 290 g/mol. The summed E-state index contributed by atoms with van der Waals surface area (Å²) >= 11 is 0. The molecule has 0 spiro atoms. The summed E-state index contributed by atoms with van der Waals surface area (Å²) in [5.41, 5.74) is 0.891. The van der Waals surface area contributed by atoms with E-state index in [2.05, 4.69) is 11.7 Å². The van der Waals surface area contributed by atoms with E-state index in [-0.39, 0.29) is 5.97 Å². The van der Waals surface area contributed by atoms with Crippen LogP contribution in [0.4, 0.5) is 0 Å². The SMILES string of the molecule is COC(=O)c1ccc(C(=O)OCC2CCC(C)CC2)cc1. The Balaban J connectivity index is 1.84. The van der Waals surface area contributed by atoms with Gasteiger partial charge in [0, 0.05) is 0 Å². The second kappa shape index (κ2) is 7.25. The number of hydrogen-bond acceptors (Lipinski definition) is 4. The van der Waals surface area contributed by atoms with Crippen LogP contribution in [0.5, 0.6) is 0 Å². The van der Waals surface area contributed by atoms with Crippen LogP contribution < -0.4 is 0 Å². The zero-order valence-corrected chi connectivity index (χ0v) is 12.6. The van der Waals surface area contributed by atoms with Gasteiger partial charge in [0.15, 0.2) is 0 Å². The Labute approximate surface area is 125 Å². The van der Waals surface area contributed by atoms with E-state index in [0.717, 1.165) is 18.8 Å².